The van der Waals surface area contributed by atoms with Crippen LogP contribution >= 0.6 is 11.3 Å². The number of rotatable bonds is 2. The summed E-state index contributed by atoms with van der Waals surface area (Å²) in [4.78, 5) is 19.2. The Morgan fingerprint density at radius 2 is 1.85 bits per heavy atom. The van der Waals surface area contributed by atoms with Gasteiger partial charge < -0.3 is 14.7 Å². The molecule has 0 aromatic carbocycles. The van der Waals surface area contributed by atoms with E-state index < -0.39 is 11.2 Å². The zero-order valence-electron chi connectivity index (χ0n) is 16.8. The van der Waals surface area contributed by atoms with Crippen LogP contribution in [-0.4, -0.2) is 44.4 Å². The Kier molecular flexibility index (Phi) is 4.89. The van der Waals surface area contributed by atoms with E-state index in [9.17, 15) is 9.90 Å². The molecule has 3 heterocycles. The maximum atomic E-state index is 12.6. The van der Waals surface area contributed by atoms with E-state index >= 15 is 0 Å². The Bertz CT molecular complexity index is 657. The number of hydrogen-bond donors (Lipinski definition) is 1. The molecule has 3 rings (SSSR count). The average Bonchev–Trinajstić information content (AvgIpc) is 3.00. The van der Waals surface area contributed by atoms with Crippen molar-refractivity contribution < 1.29 is 14.6 Å². The molecule has 2 bridgehead atoms. The highest BCUT2D eigenvalue weighted by atomic mass is 32.1. The number of ether oxygens (including phenoxy) is 1. The third-order valence-electron chi connectivity index (χ3n) is 5.26. The first-order chi connectivity index (χ1) is 11.9. The summed E-state index contributed by atoms with van der Waals surface area (Å²) in [7, 11) is 0. The van der Waals surface area contributed by atoms with Crippen molar-refractivity contribution >= 4 is 17.4 Å². The number of piperidine rings is 1. The van der Waals surface area contributed by atoms with E-state index in [0.29, 0.717) is 19.3 Å². The second kappa shape index (κ2) is 6.48. The molecule has 1 amide bonds. The molecule has 0 spiro atoms. The maximum Gasteiger partial charge on any atom is 0.410 e. The minimum atomic E-state index is -0.780. The molecule has 2 aliphatic rings. The Balaban J connectivity index is 1.69. The topological polar surface area (TPSA) is 62.7 Å². The van der Waals surface area contributed by atoms with E-state index in [0.717, 1.165) is 23.5 Å². The molecule has 1 N–H and O–H groups in total. The SMILES string of the molecule is CC(C)(C)OC(=O)N1C2CCC1CC(O)(Cc1nc(C(C)(C)C)cs1)C2. The molecule has 1 aromatic heterocycles. The van der Waals surface area contributed by atoms with Gasteiger partial charge in [-0.15, -0.1) is 11.3 Å². The molecule has 0 saturated carbocycles. The number of aromatic nitrogens is 1. The largest absolute Gasteiger partial charge is 0.444 e. The van der Waals surface area contributed by atoms with Crippen molar-refractivity contribution in [1.82, 2.24) is 9.88 Å². The van der Waals surface area contributed by atoms with Gasteiger partial charge in [-0.05, 0) is 46.5 Å². The number of carbonyl (C=O) groups excluding carboxylic acids is 1. The molecule has 2 saturated heterocycles. The van der Waals surface area contributed by atoms with Crippen molar-refractivity contribution in [2.45, 2.75) is 102 Å². The van der Waals surface area contributed by atoms with Crippen LogP contribution in [0.5, 0.6) is 0 Å². The molecule has 2 atom stereocenters. The van der Waals surface area contributed by atoms with Gasteiger partial charge in [-0.1, -0.05) is 20.8 Å². The van der Waals surface area contributed by atoms with E-state index in [4.69, 9.17) is 9.72 Å². The number of aliphatic hydroxyl groups is 1. The Hall–Kier alpha value is -1.14. The standard InChI is InChI=1S/C20H32N2O3S/c1-18(2,3)15-12-26-16(21-15)11-20(24)9-13-7-8-14(10-20)22(13)17(23)25-19(4,5)6/h12-14,24H,7-11H2,1-6H3. The van der Waals surface area contributed by atoms with Crippen LogP contribution in [0.2, 0.25) is 0 Å². The van der Waals surface area contributed by atoms with Crippen molar-refractivity contribution in [2.24, 2.45) is 0 Å². The van der Waals surface area contributed by atoms with Gasteiger partial charge in [0.1, 0.15) is 5.60 Å². The van der Waals surface area contributed by atoms with Crippen molar-refractivity contribution in [2.75, 3.05) is 0 Å². The summed E-state index contributed by atoms with van der Waals surface area (Å²) in [5.41, 5.74) is -0.169. The summed E-state index contributed by atoms with van der Waals surface area (Å²) < 4.78 is 5.58. The first kappa shape index (κ1) is 19.6. The van der Waals surface area contributed by atoms with Crippen LogP contribution in [0.15, 0.2) is 5.38 Å². The third-order valence-corrected chi connectivity index (χ3v) is 6.10. The van der Waals surface area contributed by atoms with Crippen LogP contribution in [-0.2, 0) is 16.6 Å². The smallest absolute Gasteiger partial charge is 0.410 e. The minimum absolute atomic E-state index is 0.0243. The minimum Gasteiger partial charge on any atom is -0.444 e. The highest BCUT2D eigenvalue weighted by Crippen LogP contribution is 2.43. The predicted molar refractivity (Wildman–Crippen MR) is 104 cm³/mol. The van der Waals surface area contributed by atoms with Crippen molar-refractivity contribution in [1.29, 1.82) is 0 Å². The highest BCUT2D eigenvalue weighted by Gasteiger charge is 2.50. The summed E-state index contributed by atoms with van der Waals surface area (Å²) in [5.74, 6) is 0. The molecule has 6 heteroatoms. The molecule has 1 aromatic rings. The van der Waals surface area contributed by atoms with Crippen LogP contribution in [0.1, 0.15) is 77.9 Å². The van der Waals surface area contributed by atoms with Gasteiger partial charge in [0.15, 0.2) is 0 Å². The Morgan fingerprint density at radius 3 is 2.31 bits per heavy atom. The molecule has 0 radical (unpaired) electrons. The van der Waals surface area contributed by atoms with E-state index in [2.05, 4.69) is 26.2 Å². The molecule has 2 aliphatic heterocycles. The van der Waals surface area contributed by atoms with Gasteiger partial charge in [0.05, 0.1) is 16.3 Å². The van der Waals surface area contributed by atoms with Crippen molar-refractivity contribution in [3.63, 3.8) is 0 Å². The molecule has 2 unspecified atom stereocenters. The second-order valence-electron chi connectivity index (χ2n) is 9.96. The quantitative estimate of drug-likeness (QED) is 0.832. The monoisotopic (exact) mass is 380 g/mol. The fraction of sp³-hybridized carbons (Fsp3) is 0.800. The van der Waals surface area contributed by atoms with Gasteiger partial charge in [0.2, 0.25) is 0 Å². The normalized spacial score (nSPS) is 29.1. The Morgan fingerprint density at radius 1 is 1.27 bits per heavy atom. The number of hydrogen-bond acceptors (Lipinski definition) is 5. The lowest BCUT2D eigenvalue weighted by atomic mass is 9.84. The van der Waals surface area contributed by atoms with Crippen LogP contribution in [0.3, 0.4) is 0 Å². The Labute approximate surface area is 160 Å². The van der Waals surface area contributed by atoms with E-state index in [1.807, 2.05) is 25.7 Å². The van der Waals surface area contributed by atoms with Gasteiger partial charge in [-0.3, -0.25) is 0 Å². The maximum absolute atomic E-state index is 12.6. The highest BCUT2D eigenvalue weighted by molar-refractivity contribution is 7.09. The lowest BCUT2D eigenvalue weighted by Gasteiger charge is -2.43. The number of amides is 1. The fourth-order valence-corrected chi connectivity index (χ4v) is 5.25. The van der Waals surface area contributed by atoms with Gasteiger partial charge in [0.25, 0.3) is 0 Å². The average molecular weight is 381 g/mol. The number of fused-ring (bicyclic) bond motifs is 2. The fourth-order valence-electron chi connectivity index (χ4n) is 4.10. The van der Waals surface area contributed by atoms with Gasteiger partial charge in [0, 0.05) is 29.3 Å². The lowest BCUT2D eigenvalue weighted by Crippen LogP contribution is -2.54. The van der Waals surface area contributed by atoms with Crippen LogP contribution in [0, 0.1) is 0 Å². The van der Waals surface area contributed by atoms with Crippen LogP contribution < -0.4 is 0 Å². The summed E-state index contributed by atoms with van der Waals surface area (Å²) in [6.45, 7) is 12.1. The molecule has 146 valence electrons. The van der Waals surface area contributed by atoms with Gasteiger partial charge in [-0.25, -0.2) is 9.78 Å². The number of thiazole rings is 1. The first-order valence-corrected chi connectivity index (χ1v) is 10.4. The number of carbonyl (C=O) groups is 1. The van der Waals surface area contributed by atoms with Crippen LogP contribution in [0.25, 0.3) is 0 Å². The molecule has 5 nitrogen and oxygen atoms in total. The number of nitrogens with zero attached hydrogens (tertiary/aromatic N) is 2. The molecular weight excluding hydrogens is 348 g/mol. The summed E-state index contributed by atoms with van der Waals surface area (Å²) in [6, 6.07) is 0.131. The predicted octanol–water partition coefficient (Wildman–Crippen LogP) is 4.28. The zero-order valence-corrected chi connectivity index (χ0v) is 17.7. The van der Waals surface area contributed by atoms with Crippen molar-refractivity contribution in [3.8, 4) is 0 Å². The lowest BCUT2D eigenvalue weighted by molar-refractivity contribution is -0.0579. The van der Waals surface area contributed by atoms with E-state index in [-0.39, 0.29) is 23.6 Å². The van der Waals surface area contributed by atoms with Crippen LogP contribution in [0.4, 0.5) is 4.79 Å². The molecular formula is C20H32N2O3S. The summed E-state index contributed by atoms with van der Waals surface area (Å²) in [5, 5.41) is 14.3. The van der Waals surface area contributed by atoms with E-state index in [1.165, 1.54) is 0 Å². The molecule has 2 fully saturated rings. The summed E-state index contributed by atoms with van der Waals surface area (Å²) in [6.07, 6.45) is 3.43. The molecule has 26 heavy (non-hydrogen) atoms. The van der Waals surface area contributed by atoms with Gasteiger partial charge in [-0.2, -0.15) is 0 Å². The van der Waals surface area contributed by atoms with Crippen molar-refractivity contribution in [3.05, 3.63) is 16.1 Å². The second-order valence-corrected chi connectivity index (χ2v) is 10.9. The van der Waals surface area contributed by atoms with E-state index in [1.54, 1.807) is 11.3 Å². The third kappa shape index (κ3) is 4.22. The summed E-state index contributed by atoms with van der Waals surface area (Å²) >= 11 is 1.63. The van der Waals surface area contributed by atoms with Gasteiger partial charge >= 0.3 is 6.09 Å². The zero-order chi connectivity index (χ0) is 19.3. The first-order valence-electron chi connectivity index (χ1n) is 9.55. The molecule has 0 aliphatic carbocycles.